The second kappa shape index (κ2) is 47.8. The third kappa shape index (κ3) is 38.1. The predicted octanol–water partition coefficient (Wildman–Crippen LogP) is 19.5. The first-order valence-corrected chi connectivity index (χ1v) is 55.8. The summed E-state index contributed by atoms with van der Waals surface area (Å²) in [6.07, 6.45) is 13.7. The molecule has 14 saturated heterocycles. The highest BCUT2D eigenvalue weighted by atomic mass is 16.2. The van der Waals surface area contributed by atoms with Gasteiger partial charge in [-0.05, 0) is 432 Å². The molecule has 144 heavy (non-hydrogen) atoms. The van der Waals surface area contributed by atoms with Crippen LogP contribution in [0.2, 0.25) is 0 Å². The number of piperidine rings is 3. The van der Waals surface area contributed by atoms with E-state index in [1.54, 1.807) is 24.5 Å². The van der Waals surface area contributed by atoms with Crippen LogP contribution < -0.4 is 0 Å². The molecular formula is C118H230N18O8. The molecule has 14 fully saturated rings. The number of hydrogen-bond donors (Lipinski definition) is 0. The Morgan fingerprint density at radius 2 is 0.479 bits per heavy atom. The largest absolute Gasteiger partial charge is 0.362 e. The lowest BCUT2D eigenvalue weighted by molar-refractivity contribution is -0.163. The maximum atomic E-state index is 12.0. The summed E-state index contributed by atoms with van der Waals surface area (Å²) in [5, 5.41) is 0. The van der Waals surface area contributed by atoms with Gasteiger partial charge in [0.05, 0.1) is 26.2 Å². The summed E-state index contributed by atoms with van der Waals surface area (Å²) in [5.41, 5.74) is 0.832. The zero-order chi connectivity index (χ0) is 112. The van der Waals surface area contributed by atoms with Gasteiger partial charge in [-0.3, -0.25) is 92.3 Å². The van der Waals surface area contributed by atoms with Crippen LogP contribution in [0, 0.1) is 5.92 Å². The smallest absolute Gasteiger partial charge is 0.312 e. The third-order valence-corrected chi connectivity index (χ3v) is 30.9. The second-order valence-corrected chi connectivity index (χ2v) is 62.0. The van der Waals surface area contributed by atoms with Crippen LogP contribution in [0.1, 0.15) is 433 Å². The summed E-state index contributed by atoms with van der Waals surface area (Å²) < 4.78 is 0. The van der Waals surface area contributed by atoms with E-state index in [2.05, 4.69) is 291 Å². The Hall–Kier alpha value is -4.90. The van der Waals surface area contributed by atoms with E-state index in [1.165, 1.54) is 109 Å². The van der Waals surface area contributed by atoms with Crippen molar-refractivity contribution in [2.75, 3.05) is 124 Å². The minimum atomic E-state index is -0.419. The van der Waals surface area contributed by atoms with Crippen LogP contribution in [0.15, 0.2) is 12.4 Å². The minimum absolute atomic E-state index is 0.0101. The van der Waals surface area contributed by atoms with Crippen molar-refractivity contribution < 1.29 is 38.4 Å². The van der Waals surface area contributed by atoms with Gasteiger partial charge in [0.25, 0.3) is 0 Å². The van der Waals surface area contributed by atoms with Crippen LogP contribution in [0.3, 0.4) is 0 Å². The normalized spacial score (nSPS) is 25.6. The quantitative estimate of drug-likeness (QED) is 0.164. The van der Waals surface area contributed by atoms with Crippen molar-refractivity contribution >= 4 is 47.3 Å². The molecule has 0 aliphatic carbocycles. The molecule has 0 aromatic rings. The van der Waals surface area contributed by atoms with Crippen LogP contribution in [0.5, 0.6) is 0 Å². The zero-order valence-corrected chi connectivity index (χ0v) is 104. The highest BCUT2D eigenvalue weighted by molar-refractivity contribution is 6.35. The number of amides is 8. The third-order valence-electron chi connectivity index (χ3n) is 30.9. The number of nitrogens with zero attached hydrogens (tertiary/aromatic N) is 18. The Morgan fingerprint density at radius 3 is 0.743 bits per heavy atom. The number of fused-ring (bicyclic) bond motifs is 11. The highest BCUT2D eigenvalue weighted by Gasteiger charge is 2.51. The molecule has 0 N–H and O–H groups in total. The first-order valence-electron chi connectivity index (χ1n) is 55.8. The molecule has 26 heteroatoms. The molecule has 8 atom stereocenters. The molecule has 6 unspecified atom stereocenters. The lowest BCUT2D eigenvalue weighted by Gasteiger charge is -2.59. The van der Waals surface area contributed by atoms with Crippen molar-refractivity contribution in [3.63, 3.8) is 0 Å². The summed E-state index contributed by atoms with van der Waals surface area (Å²) in [6, 6.07) is 5.17. The lowest BCUT2D eigenvalue weighted by Crippen LogP contribution is -2.69. The van der Waals surface area contributed by atoms with Gasteiger partial charge in [0.15, 0.2) is 0 Å². The van der Waals surface area contributed by atoms with Crippen LogP contribution in [0.4, 0.5) is 0 Å². The molecule has 15 aliphatic heterocycles. The molecular weight excluding hydrogens is 1800 g/mol. The number of carbonyl (C=O) groups excluding carboxylic acids is 8. The van der Waals surface area contributed by atoms with Gasteiger partial charge in [0, 0.05) is 239 Å². The fourth-order valence-electron chi connectivity index (χ4n) is 22.8. The Kier molecular flexibility index (Phi) is 43.6. The summed E-state index contributed by atoms with van der Waals surface area (Å²) in [6.45, 7) is 138. The molecule has 6 bridgehead atoms. The standard InChI is InChI=1S/2C15H30N2.C14H28N2.C14H30N2.3C12H22N2O2.C12H24N2O.C12H22N2O/c1-14(2,3)16-9-12-7-8-13(11-16)17(10-12)15(4,5)6;1-14(2,3)16-10-13-9-7-8-12(16)11-17(13)15(4,5)6;1-13(2,3)15-9-12-8-7-11(15)10-16(12)14(4,5)6;1-11-9-16(14(6,7)8)12(2)10-15(11)13(3,4)5;1-11(2,3)13-7-10(16)14(8-9(13)15)12(4,5)6;1-11(2,3)13-7-9(15)14(10(16)8-13)12(4,5)6;1-11(2,3)13-7-8-14(12(4,5)6)10(16)9(13)15;2*1-11(2,3)13-7-8-14(10(15)9-13)12(4,5)6/h2*12-13H,7-11H2,1-6H3;11-12H,7-10H2,1-6H3;11-12H,9-10H2,1-8H3;3*7-8H2,1-6H3;7-9H2,1-6H3;7-8H,9H2,1-6H3/t;;;11-,12+;;;;;. The van der Waals surface area contributed by atoms with E-state index >= 15 is 0 Å². The molecule has 0 spiro atoms. The van der Waals surface area contributed by atoms with E-state index in [0.29, 0.717) is 84.6 Å². The van der Waals surface area contributed by atoms with Crippen molar-refractivity contribution in [3.8, 4) is 0 Å². The summed E-state index contributed by atoms with van der Waals surface area (Å²) in [4.78, 5) is 135. The zero-order valence-electron chi connectivity index (χ0n) is 104. The van der Waals surface area contributed by atoms with Gasteiger partial charge in [-0.15, -0.1) is 0 Å². The van der Waals surface area contributed by atoms with Crippen LogP contribution in [0.25, 0.3) is 0 Å². The molecule has 0 radical (unpaired) electrons. The van der Waals surface area contributed by atoms with Crippen molar-refractivity contribution in [2.45, 2.75) is 575 Å². The molecule has 26 nitrogen and oxygen atoms in total. The van der Waals surface area contributed by atoms with E-state index in [1.807, 2.05) is 168 Å². The maximum Gasteiger partial charge on any atom is 0.312 e. The Bertz CT molecular complexity index is 3930. The minimum Gasteiger partial charge on any atom is -0.362 e. The Morgan fingerprint density at radius 1 is 0.201 bits per heavy atom. The molecule has 0 aromatic heterocycles. The van der Waals surface area contributed by atoms with E-state index in [4.69, 9.17) is 0 Å². The first kappa shape index (κ1) is 131. The van der Waals surface area contributed by atoms with Crippen molar-refractivity contribution in [1.82, 2.24) is 88.2 Å². The van der Waals surface area contributed by atoms with Crippen molar-refractivity contribution in [3.05, 3.63) is 12.4 Å². The average Bonchev–Trinajstić information content (AvgIpc) is 1.80. The fourth-order valence-corrected chi connectivity index (χ4v) is 22.8. The number of imide groups is 1. The van der Waals surface area contributed by atoms with Gasteiger partial charge in [-0.25, -0.2) is 0 Å². The van der Waals surface area contributed by atoms with Crippen LogP contribution in [-0.2, 0) is 38.4 Å². The lowest BCUT2D eigenvalue weighted by atomic mass is 9.84. The van der Waals surface area contributed by atoms with Gasteiger partial charge in [-0.2, -0.15) is 0 Å². The van der Waals surface area contributed by atoms with E-state index in [0.717, 1.165) is 49.2 Å². The topological polar surface area (TPSA) is 195 Å². The molecule has 15 rings (SSSR count). The van der Waals surface area contributed by atoms with Crippen LogP contribution in [-0.4, -0.2) is 402 Å². The molecule has 0 saturated carbocycles. The van der Waals surface area contributed by atoms with E-state index < -0.39 is 5.54 Å². The van der Waals surface area contributed by atoms with E-state index in [9.17, 15) is 38.4 Å². The SMILES string of the molecule is CC(C)(C)N1C=CN(C(C)(C)C)C(=O)C1.CC(C)(C)N1CC(=O)N(C(C)(C)C)C(=O)C1.CC(C)(C)N1CC(=O)N(C(C)(C)C)CC1=O.CC(C)(C)N1CC2CCC(C1)N(C(C)(C)C)C2.CC(C)(C)N1CC2CCC1CN2C(C)(C)C.CC(C)(C)N1CC2CCCC1CN2C(C)(C)C.CC(C)(C)N1CCN(C(C)(C)C)C(=O)C1.CC(C)(C)N1CCN(C(C)(C)C)C(=O)C1=O.C[C@@H]1CN(C(C)(C)C)[C@@H](C)CN1C(C)(C)C. The number of carbonyl (C=O) groups is 8. The number of rotatable bonds is 0. The van der Waals surface area contributed by atoms with Gasteiger partial charge in [0.2, 0.25) is 35.4 Å². The molecule has 0 aromatic carbocycles. The fraction of sp³-hybridized carbons (Fsp3) is 0.915. The maximum absolute atomic E-state index is 12.0. The van der Waals surface area contributed by atoms with Crippen LogP contribution >= 0.6 is 0 Å². The molecule has 15 aliphatic rings. The van der Waals surface area contributed by atoms with E-state index in [-0.39, 0.29) is 121 Å². The van der Waals surface area contributed by atoms with Crippen molar-refractivity contribution in [1.29, 1.82) is 0 Å². The summed E-state index contributed by atoms with van der Waals surface area (Å²) in [5.74, 6) is 0.402. The van der Waals surface area contributed by atoms with Crippen molar-refractivity contribution in [2.24, 2.45) is 5.92 Å². The Balaban J connectivity index is 0.000000338. The van der Waals surface area contributed by atoms with Gasteiger partial charge < -0.3 is 34.3 Å². The molecule has 8 amide bonds. The highest BCUT2D eigenvalue weighted by Crippen LogP contribution is 2.42. The van der Waals surface area contributed by atoms with Gasteiger partial charge in [-0.1, -0.05) is 6.42 Å². The van der Waals surface area contributed by atoms with Gasteiger partial charge in [0.1, 0.15) is 13.1 Å². The summed E-state index contributed by atoms with van der Waals surface area (Å²) >= 11 is 0. The second-order valence-electron chi connectivity index (χ2n) is 62.0. The number of hydrogen-bond acceptors (Lipinski definition) is 19. The molecule has 15 heterocycles. The number of piperazine rings is 7. The monoisotopic (exact) mass is 2030 g/mol. The first-order chi connectivity index (χ1) is 63.9. The predicted molar refractivity (Wildman–Crippen MR) is 604 cm³/mol. The van der Waals surface area contributed by atoms with Gasteiger partial charge >= 0.3 is 11.8 Å². The molecule has 840 valence electrons. The summed E-state index contributed by atoms with van der Waals surface area (Å²) in [7, 11) is 0. The average molecular weight is 2030 g/mol. The Labute approximate surface area is 886 Å².